The number of ether oxygens (including phenoxy) is 2. The summed E-state index contributed by atoms with van der Waals surface area (Å²) >= 11 is 0. The summed E-state index contributed by atoms with van der Waals surface area (Å²) in [5.41, 5.74) is 6.03. The van der Waals surface area contributed by atoms with E-state index in [1.165, 1.54) is 0 Å². The molecule has 2 aliphatic rings. The van der Waals surface area contributed by atoms with Crippen LogP contribution in [0.2, 0.25) is 0 Å². The molecule has 7 nitrogen and oxygen atoms in total. The second-order valence-corrected chi connectivity index (χ2v) is 9.93. The van der Waals surface area contributed by atoms with Crippen molar-refractivity contribution < 1.29 is 24.5 Å². The maximum absolute atomic E-state index is 12.6. The molecule has 2 heterocycles. The molecule has 0 aliphatic carbocycles. The van der Waals surface area contributed by atoms with Gasteiger partial charge >= 0.3 is 0 Å². The predicted molar refractivity (Wildman–Crippen MR) is 126 cm³/mol. The van der Waals surface area contributed by atoms with Crippen molar-refractivity contribution in [3.05, 3.63) is 0 Å². The maximum Gasteiger partial charge on any atom is 0.223 e. The highest BCUT2D eigenvalue weighted by molar-refractivity contribution is 5.78. The van der Waals surface area contributed by atoms with Gasteiger partial charge in [-0.15, -0.1) is 0 Å². The Morgan fingerprint density at radius 2 is 1.75 bits per heavy atom. The van der Waals surface area contributed by atoms with Crippen molar-refractivity contribution in [3.63, 3.8) is 0 Å². The Morgan fingerprint density at radius 1 is 1.00 bits per heavy atom. The second kappa shape index (κ2) is 13.9. The summed E-state index contributed by atoms with van der Waals surface area (Å²) in [4.78, 5) is 12.6. The summed E-state index contributed by atoms with van der Waals surface area (Å²) in [6.07, 6.45) is 6.63. The summed E-state index contributed by atoms with van der Waals surface area (Å²) in [7, 11) is 0. The van der Waals surface area contributed by atoms with Gasteiger partial charge in [0, 0.05) is 12.5 Å². The average Bonchev–Trinajstić information content (AvgIpc) is 2.79. The van der Waals surface area contributed by atoms with Crippen LogP contribution in [-0.4, -0.2) is 59.4 Å². The number of hydrogen-bond donors (Lipinski definition) is 4. The Hall–Kier alpha value is -0.730. The van der Waals surface area contributed by atoms with Crippen LogP contribution in [0.15, 0.2) is 0 Å². The van der Waals surface area contributed by atoms with Gasteiger partial charge in [-0.2, -0.15) is 0 Å². The number of nitrogens with one attached hydrogen (secondary N) is 1. The lowest BCUT2D eigenvalue weighted by atomic mass is 9.85. The van der Waals surface area contributed by atoms with E-state index in [0.717, 1.165) is 64.2 Å². The molecule has 32 heavy (non-hydrogen) atoms. The maximum atomic E-state index is 12.6. The quantitative estimate of drug-likeness (QED) is 0.505. The van der Waals surface area contributed by atoms with Gasteiger partial charge < -0.3 is 30.7 Å². The van der Waals surface area contributed by atoms with E-state index in [1.54, 1.807) is 6.92 Å². The number of rotatable bonds is 5. The third-order valence-corrected chi connectivity index (χ3v) is 7.77. The van der Waals surface area contributed by atoms with Gasteiger partial charge in [0.1, 0.15) is 6.10 Å². The Kier molecular flexibility index (Phi) is 11.9. The number of amides is 1. The number of hydrogen-bond acceptors (Lipinski definition) is 6. The first-order valence-corrected chi connectivity index (χ1v) is 13.0. The molecule has 0 bridgehead atoms. The minimum absolute atomic E-state index is 0.0506. The van der Waals surface area contributed by atoms with Gasteiger partial charge in [0.15, 0.2) is 6.29 Å². The van der Waals surface area contributed by atoms with Gasteiger partial charge in [-0.05, 0) is 57.3 Å². The van der Waals surface area contributed by atoms with Gasteiger partial charge in [0.2, 0.25) is 5.91 Å². The van der Waals surface area contributed by atoms with E-state index in [1.807, 2.05) is 0 Å². The minimum atomic E-state index is -1.06. The number of carbonyl (C=O) groups excluding carboxylic acids is 1. The van der Waals surface area contributed by atoms with Crippen LogP contribution in [0.25, 0.3) is 0 Å². The van der Waals surface area contributed by atoms with Crippen molar-refractivity contribution in [2.45, 2.75) is 129 Å². The SMILES string of the molecule is CC[C@@H]1CCC[C@H](CC)C(=O)NCCC[C@H](CC)[C@H](O[C@@H]2O[C@@H](C)[C@H](O)[C@@H](N)[C@H]2O)CC1. The molecule has 0 spiro atoms. The highest BCUT2D eigenvalue weighted by atomic mass is 16.7. The predicted octanol–water partition coefficient (Wildman–Crippen LogP) is 3.10. The molecule has 0 saturated carbocycles. The molecule has 9 atom stereocenters. The summed E-state index contributed by atoms with van der Waals surface area (Å²) in [6.45, 7) is 8.96. The van der Waals surface area contributed by atoms with Crippen LogP contribution in [0.5, 0.6) is 0 Å². The number of aliphatic hydroxyl groups excluding tert-OH is 2. The first-order valence-electron chi connectivity index (χ1n) is 13.0. The summed E-state index contributed by atoms with van der Waals surface area (Å²) in [5, 5.41) is 23.8. The minimum Gasteiger partial charge on any atom is -0.389 e. The lowest BCUT2D eigenvalue weighted by molar-refractivity contribution is -0.286. The van der Waals surface area contributed by atoms with E-state index in [-0.39, 0.29) is 17.9 Å². The van der Waals surface area contributed by atoms with E-state index in [0.29, 0.717) is 18.4 Å². The summed E-state index contributed by atoms with van der Waals surface area (Å²) in [6, 6.07) is -0.785. The van der Waals surface area contributed by atoms with Crippen molar-refractivity contribution in [3.8, 4) is 0 Å². The van der Waals surface area contributed by atoms with Crippen molar-refractivity contribution in [1.82, 2.24) is 5.32 Å². The first-order chi connectivity index (χ1) is 15.3. The Morgan fingerprint density at radius 3 is 2.41 bits per heavy atom. The molecule has 2 aliphatic heterocycles. The van der Waals surface area contributed by atoms with Crippen molar-refractivity contribution >= 4 is 5.91 Å². The van der Waals surface area contributed by atoms with Gasteiger partial charge in [-0.1, -0.05) is 46.5 Å². The zero-order chi connectivity index (χ0) is 23.7. The number of aliphatic hydroxyl groups is 2. The summed E-state index contributed by atoms with van der Waals surface area (Å²) < 4.78 is 12.2. The molecule has 7 heteroatoms. The monoisotopic (exact) mass is 456 g/mol. The topological polar surface area (TPSA) is 114 Å². The standard InChI is InChI=1S/C25H48N2O5/c1-5-17-10-8-11-19(7-3)24(30)27-15-9-12-18(6-2)20(14-13-17)32-25-23(29)21(26)22(28)16(4)31-25/h16-23,25,28-29H,5-15,26H2,1-4H3,(H,27,30)/t16-,17+,18-,19-,20+,21+,22-,23+,25-/m0/s1. The highest BCUT2D eigenvalue weighted by Gasteiger charge is 2.42. The van der Waals surface area contributed by atoms with Crippen LogP contribution >= 0.6 is 0 Å². The van der Waals surface area contributed by atoms with E-state index in [4.69, 9.17) is 15.2 Å². The zero-order valence-electron chi connectivity index (χ0n) is 20.7. The molecule has 0 unspecified atom stereocenters. The van der Waals surface area contributed by atoms with E-state index in [9.17, 15) is 15.0 Å². The fraction of sp³-hybridized carbons (Fsp3) is 0.960. The second-order valence-electron chi connectivity index (χ2n) is 9.93. The van der Waals surface area contributed by atoms with Crippen LogP contribution in [0.3, 0.4) is 0 Å². The third-order valence-electron chi connectivity index (χ3n) is 7.77. The molecule has 0 radical (unpaired) electrons. The fourth-order valence-electron chi connectivity index (χ4n) is 5.27. The molecular weight excluding hydrogens is 408 g/mol. The average molecular weight is 457 g/mol. The van der Waals surface area contributed by atoms with Gasteiger partial charge in [-0.25, -0.2) is 0 Å². The fourth-order valence-corrected chi connectivity index (χ4v) is 5.27. The normalized spacial score (nSPS) is 41.0. The molecule has 0 aromatic carbocycles. The molecule has 2 rings (SSSR count). The molecule has 2 saturated heterocycles. The molecule has 2 fully saturated rings. The van der Waals surface area contributed by atoms with E-state index >= 15 is 0 Å². The summed E-state index contributed by atoms with van der Waals surface area (Å²) in [5.74, 6) is 1.23. The van der Waals surface area contributed by atoms with Crippen molar-refractivity contribution in [2.75, 3.05) is 6.54 Å². The molecule has 1 amide bonds. The van der Waals surface area contributed by atoms with Gasteiger partial charge in [-0.3, -0.25) is 4.79 Å². The Bertz CT molecular complexity index is 548. The molecule has 188 valence electrons. The smallest absolute Gasteiger partial charge is 0.223 e. The lowest BCUT2D eigenvalue weighted by Gasteiger charge is -2.42. The van der Waals surface area contributed by atoms with Crippen molar-refractivity contribution in [1.29, 1.82) is 0 Å². The van der Waals surface area contributed by atoms with Gasteiger partial charge in [0.25, 0.3) is 0 Å². The molecule has 0 aromatic rings. The van der Waals surface area contributed by atoms with Gasteiger partial charge in [0.05, 0.1) is 24.4 Å². The molecular formula is C25H48N2O5. The van der Waals surface area contributed by atoms with Crippen LogP contribution in [0.1, 0.15) is 91.9 Å². The highest BCUT2D eigenvalue weighted by Crippen LogP contribution is 2.31. The molecule has 5 N–H and O–H groups in total. The number of nitrogens with two attached hydrogens (primary N) is 1. The first kappa shape index (κ1) is 27.5. The van der Waals surface area contributed by atoms with Crippen LogP contribution < -0.4 is 11.1 Å². The van der Waals surface area contributed by atoms with E-state index < -0.39 is 30.6 Å². The third kappa shape index (κ3) is 7.66. The van der Waals surface area contributed by atoms with E-state index in [2.05, 4.69) is 26.1 Å². The lowest BCUT2D eigenvalue weighted by Crippen LogP contribution is -2.61. The van der Waals surface area contributed by atoms with Crippen molar-refractivity contribution in [2.24, 2.45) is 23.5 Å². The van der Waals surface area contributed by atoms with Crippen LogP contribution in [-0.2, 0) is 14.3 Å². The van der Waals surface area contributed by atoms with Crippen LogP contribution in [0, 0.1) is 17.8 Å². The number of carbonyl (C=O) groups is 1. The van der Waals surface area contributed by atoms with Crippen LogP contribution in [0.4, 0.5) is 0 Å². The zero-order valence-corrected chi connectivity index (χ0v) is 20.7. The Balaban J connectivity index is 2.11. The largest absolute Gasteiger partial charge is 0.389 e. The molecule has 0 aromatic heterocycles. The Labute approximate surface area is 194 Å².